The number of urea groups is 1. The molecule has 0 fully saturated rings. The molecule has 128 valence electrons. The van der Waals surface area contributed by atoms with Crippen molar-refractivity contribution in [3.63, 3.8) is 0 Å². The average molecular weight is 343 g/mol. The van der Waals surface area contributed by atoms with E-state index in [1.165, 1.54) is 0 Å². The molecular formula is C15H13F4N3O2. The number of hydrogen-bond donors (Lipinski definition) is 2. The second-order valence-corrected chi connectivity index (χ2v) is 4.71. The summed E-state index contributed by atoms with van der Waals surface area (Å²) in [4.78, 5) is 15.6. The summed E-state index contributed by atoms with van der Waals surface area (Å²) in [5.74, 6) is -1.19. The lowest BCUT2D eigenvalue weighted by atomic mass is 10.2. The van der Waals surface area contributed by atoms with Gasteiger partial charge in [0.05, 0.1) is 5.69 Å². The zero-order valence-electron chi connectivity index (χ0n) is 12.2. The van der Waals surface area contributed by atoms with E-state index in [-0.39, 0.29) is 12.2 Å². The molecule has 0 unspecified atom stereocenters. The molecule has 1 aromatic carbocycles. The van der Waals surface area contributed by atoms with Gasteiger partial charge >= 0.3 is 12.2 Å². The molecule has 0 aliphatic heterocycles. The number of nitrogens with zero attached hydrogens (tertiary/aromatic N) is 1. The Balaban J connectivity index is 1.99. The van der Waals surface area contributed by atoms with Crippen LogP contribution in [-0.2, 0) is 6.54 Å². The van der Waals surface area contributed by atoms with Crippen molar-refractivity contribution in [2.24, 2.45) is 0 Å². The van der Waals surface area contributed by atoms with Crippen LogP contribution in [0, 0.1) is 5.82 Å². The van der Waals surface area contributed by atoms with Gasteiger partial charge in [-0.15, -0.1) is 0 Å². The van der Waals surface area contributed by atoms with Gasteiger partial charge < -0.3 is 15.4 Å². The molecule has 1 aromatic heterocycles. The zero-order valence-corrected chi connectivity index (χ0v) is 12.2. The molecule has 9 heteroatoms. The van der Waals surface area contributed by atoms with Gasteiger partial charge in [-0.25, -0.2) is 9.18 Å². The fourth-order valence-electron chi connectivity index (χ4n) is 1.73. The molecule has 0 saturated carbocycles. The zero-order chi connectivity index (χ0) is 17.6. The topological polar surface area (TPSA) is 63.2 Å². The first-order valence-electron chi connectivity index (χ1n) is 6.76. The molecule has 2 amide bonds. The van der Waals surface area contributed by atoms with Gasteiger partial charge in [0.2, 0.25) is 0 Å². The van der Waals surface area contributed by atoms with Crippen molar-refractivity contribution >= 4 is 11.7 Å². The smallest absolute Gasteiger partial charge is 0.422 e. The molecule has 0 radical (unpaired) electrons. The fourth-order valence-corrected chi connectivity index (χ4v) is 1.73. The van der Waals surface area contributed by atoms with E-state index in [1.54, 1.807) is 24.5 Å². The first-order chi connectivity index (χ1) is 11.3. The van der Waals surface area contributed by atoms with Crippen molar-refractivity contribution < 1.29 is 27.1 Å². The first kappa shape index (κ1) is 17.5. The Labute approximate surface area is 134 Å². The highest BCUT2D eigenvalue weighted by molar-refractivity contribution is 5.90. The van der Waals surface area contributed by atoms with Gasteiger partial charge in [0, 0.05) is 25.0 Å². The van der Waals surface area contributed by atoms with Gasteiger partial charge in [-0.2, -0.15) is 13.2 Å². The van der Waals surface area contributed by atoms with Crippen molar-refractivity contribution in [1.29, 1.82) is 0 Å². The molecule has 5 nitrogen and oxygen atoms in total. The molecule has 2 aromatic rings. The first-order valence-corrected chi connectivity index (χ1v) is 6.76. The van der Waals surface area contributed by atoms with Crippen molar-refractivity contribution in [2.75, 3.05) is 11.9 Å². The van der Waals surface area contributed by atoms with E-state index < -0.39 is 30.4 Å². The molecule has 0 bridgehead atoms. The van der Waals surface area contributed by atoms with Gasteiger partial charge in [0.15, 0.2) is 6.61 Å². The molecule has 0 atom stereocenters. The van der Waals surface area contributed by atoms with Crippen LogP contribution in [0.5, 0.6) is 5.75 Å². The van der Waals surface area contributed by atoms with Crippen LogP contribution in [0.15, 0.2) is 42.7 Å². The van der Waals surface area contributed by atoms with E-state index in [4.69, 9.17) is 0 Å². The molecule has 0 spiro atoms. The van der Waals surface area contributed by atoms with Crippen LogP contribution >= 0.6 is 0 Å². The normalized spacial score (nSPS) is 11.0. The molecule has 2 rings (SSSR count). The SMILES string of the molecule is O=C(NCc1ccncc1)Nc1ccc(F)cc1OCC(F)(F)F. The van der Waals surface area contributed by atoms with E-state index in [1.807, 2.05) is 0 Å². The number of benzene rings is 1. The number of anilines is 1. The van der Waals surface area contributed by atoms with Crippen LogP contribution in [0.4, 0.5) is 28.0 Å². The maximum atomic E-state index is 13.2. The lowest BCUT2D eigenvalue weighted by Gasteiger charge is -2.14. The average Bonchev–Trinajstić information content (AvgIpc) is 2.53. The summed E-state index contributed by atoms with van der Waals surface area (Å²) in [6.07, 6.45) is -1.47. The lowest BCUT2D eigenvalue weighted by Crippen LogP contribution is -2.28. The van der Waals surface area contributed by atoms with Crippen molar-refractivity contribution in [3.8, 4) is 5.75 Å². The van der Waals surface area contributed by atoms with E-state index in [2.05, 4.69) is 20.4 Å². The third-order valence-corrected chi connectivity index (χ3v) is 2.79. The Bertz CT molecular complexity index is 693. The minimum atomic E-state index is -4.58. The van der Waals surface area contributed by atoms with E-state index in [9.17, 15) is 22.4 Å². The number of nitrogens with one attached hydrogen (secondary N) is 2. The van der Waals surface area contributed by atoms with Crippen LogP contribution < -0.4 is 15.4 Å². The van der Waals surface area contributed by atoms with Crippen LogP contribution in [-0.4, -0.2) is 23.8 Å². The van der Waals surface area contributed by atoms with Crippen molar-refractivity contribution in [3.05, 3.63) is 54.1 Å². The number of halogens is 4. The number of hydrogen-bond acceptors (Lipinski definition) is 3. The highest BCUT2D eigenvalue weighted by atomic mass is 19.4. The maximum Gasteiger partial charge on any atom is 0.422 e. The number of ether oxygens (including phenoxy) is 1. The fraction of sp³-hybridized carbons (Fsp3) is 0.200. The molecule has 2 N–H and O–H groups in total. The summed E-state index contributed by atoms with van der Waals surface area (Å²) < 4.78 is 54.4. The van der Waals surface area contributed by atoms with E-state index in [0.29, 0.717) is 0 Å². The number of alkyl halides is 3. The molecular weight excluding hydrogens is 330 g/mol. The Morgan fingerprint density at radius 1 is 1.17 bits per heavy atom. The number of aromatic nitrogens is 1. The minimum Gasteiger partial charge on any atom is -0.482 e. The van der Waals surface area contributed by atoms with Crippen LogP contribution in [0.3, 0.4) is 0 Å². The number of carbonyl (C=O) groups is 1. The summed E-state index contributed by atoms with van der Waals surface area (Å²) in [5.41, 5.74) is 0.709. The summed E-state index contributed by atoms with van der Waals surface area (Å²) in [6.45, 7) is -1.40. The monoisotopic (exact) mass is 343 g/mol. The summed E-state index contributed by atoms with van der Waals surface area (Å²) in [5, 5.41) is 4.83. The van der Waals surface area contributed by atoms with Gasteiger partial charge in [0.25, 0.3) is 0 Å². The van der Waals surface area contributed by atoms with E-state index in [0.717, 1.165) is 23.8 Å². The lowest BCUT2D eigenvalue weighted by molar-refractivity contribution is -0.153. The summed E-state index contributed by atoms with van der Waals surface area (Å²) >= 11 is 0. The van der Waals surface area contributed by atoms with Gasteiger partial charge in [-0.1, -0.05) is 0 Å². The maximum absolute atomic E-state index is 13.2. The third-order valence-electron chi connectivity index (χ3n) is 2.79. The number of pyridine rings is 1. The Kier molecular flexibility index (Phi) is 5.56. The third kappa shape index (κ3) is 5.75. The minimum absolute atomic E-state index is 0.0760. The summed E-state index contributed by atoms with van der Waals surface area (Å²) in [7, 11) is 0. The van der Waals surface area contributed by atoms with Crippen molar-refractivity contribution in [2.45, 2.75) is 12.7 Å². The predicted molar refractivity (Wildman–Crippen MR) is 78.0 cm³/mol. The van der Waals surface area contributed by atoms with Crippen LogP contribution in [0.25, 0.3) is 0 Å². The Hall–Kier alpha value is -2.84. The molecule has 1 heterocycles. The number of carbonyl (C=O) groups excluding carboxylic acids is 1. The van der Waals surface area contributed by atoms with Crippen molar-refractivity contribution in [1.82, 2.24) is 10.3 Å². The molecule has 0 aliphatic carbocycles. The van der Waals surface area contributed by atoms with Crippen LogP contribution in [0.2, 0.25) is 0 Å². The highest BCUT2D eigenvalue weighted by Gasteiger charge is 2.29. The number of rotatable bonds is 5. The molecule has 24 heavy (non-hydrogen) atoms. The number of amides is 2. The van der Waals surface area contributed by atoms with Gasteiger partial charge in [-0.3, -0.25) is 4.98 Å². The summed E-state index contributed by atoms with van der Waals surface area (Å²) in [6, 6.07) is 5.60. The molecule has 0 saturated heterocycles. The highest BCUT2D eigenvalue weighted by Crippen LogP contribution is 2.27. The molecule has 0 aliphatic rings. The quantitative estimate of drug-likeness (QED) is 0.817. The van der Waals surface area contributed by atoms with Crippen LogP contribution in [0.1, 0.15) is 5.56 Å². The second-order valence-electron chi connectivity index (χ2n) is 4.71. The predicted octanol–water partition coefficient (Wildman–Crippen LogP) is 3.48. The Morgan fingerprint density at radius 3 is 2.54 bits per heavy atom. The van der Waals surface area contributed by atoms with E-state index >= 15 is 0 Å². The van der Waals surface area contributed by atoms with Gasteiger partial charge in [-0.05, 0) is 29.8 Å². The van der Waals surface area contributed by atoms with Gasteiger partial charge in [0.1, 0.15) is 11.6 Å². The Morgan fingerprint density at radius 2 is 1.88 bits per heavy atom. The standard InChI is InChI=1S/C15H13F4N3O2/c16-11-1-2-12(13(7-11)24-9-15(17,18)19)22-14(23)21-8-10-3-5-20-6-4-10/h1-7H,8-9H2,(H2,21,22,23). The second kappa shape index (κ2) is 7.62. The largest absolute Gasteiger partial charge is 0.482 e.